The lowest BCUT2D eigenvalue weighted by molar-refractivity contribution is 0.414. The number of benzene rings is 3. The van der Waals surface area contributed by atoms with Crippen molar-refractivity contribution in [2.24, 2.45) is 9.98 Å². The third-order valence-corrected chi connectivity index (χ3v) is 7.05. The van der Waals surface area contributed by atoms with Gasteiger partial charge in [-0.05, 0) is 36.4 Å². The summed E-state index contributed by atoms with van der Waals surface area (Å²) in [7, 11) is 7.18. The standard InChI is InChI=1S/C30H35FN6O2/c1-36(24-10-8-20(16-26(24)38-3)29-32-12-13-33-29)18-22-6-5-7-23(28(22)31)19-37(2)25-11-9-21(17-27(25)39-4)30-34-14-15-35-30/h5-11,16-17H,12-15,18-19H2,1-4H3,(H,32,33)(H,34,35). The van der Waals surface area contributed by atoms with Crippen LogP contribution in [-0.2, 0) is 13.1 Å². The van der Waals surface area contributed by atoms with Gasteiger partial charge in [0.15, 0.2) is 0 Å². The third kappa shape index (κ3) is 5.62. The zero-order valence-electron chi connectivity index (χ0n) is 22.9. The number of hydrogen-bond donors (Lipinski definition) is 2. The van der Waals surface area contributed by atoms with Gasteiger partial charge in [-0.15, -0.1) is 0 Å². The molecule has 0 fully saturated rings. The molecule has 2 heterocycles. The highest BCUT2D eigenvalue weighted by Crippen LogP contribution is 2.32. The normalized spacial score (nSPS) is 14.3. The van der Waals surface area contributed by atoms with E-state index in [2.05, 4.69) is 20.6 Å². The van der Waals surface area contributed by atoms with Gasteiger partial charge in [0.1, 0.15) is 29.0 Å². The first-order valence-corrected chi connectivity index (χ1v) is 13.1. The summed E-state index contributed by atoms with van der Waals surface area (Å²) in [6.45, 7) is 4.02. The molecule has 3 aromatic carbocycles. The zero-order valence-corrected chi connectivity index (χ0v) is 22.9. The lowest BCUT2D eigenvalue weighted by Gasteiger charge is -2.25. The smallest absolute Gasteiger partial charge is 0.142 e. The number of anilines is 2. The van der Waals surface area contributed by atoms with Gasteiger partial charge in [0.2, 0.25) is 0 Å². The summed E-state index contributed by atoms with van der Waals surface area (Å²) >= 11 is 0. The number of hydrogen-bond acceptors (Lipinski definition) is 8. The summed E-state index contributed by atoms with van der Waals surface area (Å²) in [4.78, 5) is 13.0. The highest BCUT2D eigenvalue weighted by Gasteiger charge is 2.18. The second kappa shape index (κ2) is 11.6. The molecule has 0 spiro atoms. The van der Waals surface area contributed by atoms with Gasteiger partial charge in [0, 0.05) is 62.5 Å². The van der Waals surface area contributed by atoms with Crippen LogP contribution in [0.1, 0.15) is 22.3 Å². The van der Waals surface area contributed by atoms with Crippen LogP contribution >= 0.6 is 0 Å². The van der Waals surface area contributed by atoms with Crippen LogP contribution in [0.15, 0.2) is 64.6 Å². The molecular weight excluding hydrogens is 495 g/mol. The van der Waals surface area contributed by atoms with Gasteiger partial charge in [-0.25, -0.2) is 4.39 Å². The molecule has 0 saturated heterocycles. The van der Waals surface area contributed by atoms with E-state index < -0.39 is 0 Å². The molecular formula is C30H35FN6O2. The number of rotatable bonds is 10. The topological polar surface area (TPSA) is 73.7 Å². The number of halogens is 1. The van der Waals surface area contributed by atoms with Crippen LogP contribution < -0.4 is 29.9 Å². The van der Waals surface area contributed by atoms with Gasteiger partial charge in [0.05, 0.1) is 38.7 Å². The van der Waals surface area contributed by atoms with E-state index in [1.165, 1.54) is 0 Å². The average Bonchev–Trinajstić information content (AvgIpc) is 3.70. The fraction of sp³-hybridized carbons (Fsp3) is 0.333. The number of nitrogens with zero attached hydrogens (tertiary/aromatic N) is 4. The highest BCUT2D eigenvalue weighted by molar-refractivity contribution is 6.01. The summed E-state index contributed by atoms with van der Waals surface area (Å²) in [5.74, 6) is 2.98. The molecule has 0 aromatic heterocycles. The van der Waals surface area contributed by atoms with Crippen LogP contribution in [0.25, 0.3) is 0 Å². The molecule has 0 saturated carbocycles. The van der Waals surface area contributed by atoms with Crippen molar-refractivity contribution in [1.29, 1.82) is 0 Å². The maximum absolute atomic E-state index is 15.8. The number of amidine groups is 2. The first-order valence-electron chi connectivity index (χ1n) is 13.1. The van der Waals surface area contributed by atoms with E-state index in [1.807, 2.05) is 78.5 Å². The molecule has 0 bridgehead atoms. The second-order valence-electron chi connectivity index (χ2n) is 9.69. The molecule has 2 aliphatic rings. The Kier molecular flexibility index (Phi) is 7.86. The van der Waals surface area contributed by atoms with Crippen molar-refractivity contribution in [3.63, 3.8) is 0 Å². The van der Waals surface area contributed by atoms with Crippen molar-refractivity contribution in [3.05, 3.63) is 82.7 Å². The molecule has 2 aliphatic heterocycles. The Bertz CT molecular complexity index is 1300. The van der Waals surface area contributed by atoms with E-state index in [-0.39, 0.29) is 5.82 Å². The summed E-state index contributed by atoms with van der Waals surface area (Å²) < 4.78 is 27.1. The van der Waals surface area contributed by atoms with E-state index in [4.69, 9.17) is 9.47 Å². The van der Waals surface area contributed by atoms with E-state index in [0.717, 1.165) is 71.9 Å². The maximum Gasteiger partial charge on any atom is 0.142 e. The van der Waals surface area contributed by atoms with Gasteiger partial charge in [-0.1, -0.05) is 18.2 Å². The van der Waals surface area contributed by atoms with Crippen LogP contribution in [0.3, 0.4) is 0 Å². The molecule has 3 aromatic rings. The van der Waals surface area contributed by atoms with Crippen molar-refractivity contribution < 1.29 is 13.9 Å². The molecule has 0 amide bonds. The minimum Gasteiger partial charge on any atom is -0.495 e. The zero-order chi connectivity index (χ0) is 27.4. The van der Waals surface area contributed by atoms with Crippen molar-refractivity contribution in [3.8, 4) is 11.5 Å². The Balaban J connectivity index is 1.32. The fourth-order valence-corrected chi connectivity index (χ4v) is 5.02. The van der Waals surface area contributed by atoms with E-state index in [1.54, 1.807) is 14.2 Å². The predicted octanol–water partition coefficient (Wildman–Crippen LogP) is 3.82. The van der Waals surface area contributed by atoms with Gasteiger partial charge >= 0.3 is 0 Å². The first-order chi connectivity index (χ1) is 19.0. The monoisotopic (exact) mass is 530 g/mol. The summed E-state index contributed by atoms with van der Waals surface area (Å²) in [5, 5.41) is 6.58. The lowest BCUT2D eigenvalue weighted by atomic mass is 10.1. The Morgan fingerprint density at radius 3 is 1.59 bits per heavy atom. The molecule has 8 nitrogen and oxygen atoms in total. The van der Waals surface area contributed by atoms with Crippen LogP contribution in [-0.4, -0.2) is 66.2 Å². The average molecular weight is 531 g/mol. The Hall–Kier alpha value is -4.27. The van der Waals surface area contributed by atoms with Gasteiger partial charge in [-0.3, -0.25) is 9.98 Å². The number of methoxy groups -OCH3 is 2. The third-order valence-electron chi connectivity index (χ3n) is 7.05. The van der Waals surface area contributed by atoms with Crippen LogP contribution in [0.2, 0.25) is 0 Å². The van der Waals surface area contributed by atoms with Crippen molar-refractivity contribution >= 4 is 23.0 Å². The molecule has 39 heavy (non-hydrogen) atoms. The fourth-order valence-electron chi connectivity index (χ4n) is 5.02. The minimum atomic E-state index is -0.212. The van der Waals surface area contributed by atoms with Crippen molar-refractivity contribution in [1.82, 2.24) is 10.6 Å². The van der Waals surface area contributed by atoms with Crippen molar-refractivity contribution in [2.45, 2.75) is 13.1 Å². The molecule has 0 aliphatic carbocycles. The number of nitrogens with one attached hydrogen (secondary N) is 2. The van der Waals surface area contributed by atoms with Crippen LogP contribution in [0.4, 0.5) is 15.8 Å². The van der Waals surface area contributed by atoms with Gasteiger partial charge in [0.25, 0.3) is 0 Å². The van der Waals surface area contributed by atoms with E-state index in [9.17, 15) is 0 Å². The summed E-state index contributed by atoms with van der Waals surface area (Å²) in [5.41, 5.74) is 4.95. The molecule has 9 heteroatoms. The van der Waals surface area contributed by atoms with E-state index in [0.29, 0.717) is 24.2 Å². The molecule has 0 radical (unpaired) electrons. The van der Waals surface area contributed by atoms with Gasteiger partial charge in [-0.2, -0.15) is 0 Å². The molecule has 0 unspecified atom stereocenters. The predicted molar refractivity (Wildman–Crippen MR) is 155 cm³/mol. The maximum atomic E-state index is 15.8. The molecule has 5 rings (SSSR count). The van der Waals surface area contributed by atoms with Crippen LogP contribution in [0.5, 0.6) is 11.5 Å². The Morgan fingerprint density at radius 1 is 0.744 bits per heavy atom. The largest absolute Gasteiger partial charge is 0.495 e. The SMILES string of the molecule is COc1cc(C2=NCCN2)ccc1N(C)Cc1cccc(CN(C)c2ccc(C3=NCCN3)cc2OC)c1F. The molecule has 204 valence electrons. The first kappa shape index (κ1) is 26.3. The summed E-state index contributed by atoms with van der Waals surface area (Å²) in [6.07, 6.45) is 0. The Morgan fingerprint density at radius 2 is 1.21 bits per heavy atom. The van der Waals surface area contributed by atoms with Crippen molar-refractivity contribution in [2.75, 3.05) is 64.3 Å². The van der Waals surface area contributed by atoms with Gasteiger partial charge < -0.3 is 29.9 Å². The lowest BCUT2D eigenvalue weighted by Crippen LogP contribution is -2.22. The Labute approximate surface area is 229 Å². The summed E-state index contributed by atoms with van der Waals surface area (Å²) in [6, 6.07) is 17.5. The number of aliphatic imine (C=N–C) groups is 2. The highest BCUT2D eigenvalue weighted by atomic mass is 19.1. The minimum absolute atomic E-state index is 0.212. The van der Waals surface area contributed by atoms with E-state index >= 15 is 4.39 Å². The molecule has 0 atom stereocenters. The quantitative estimate of drug-likeness (QED) is 0.415. The second-order valence-corrected chi connectivity index (χ2v) is 9.69. The number of ether oxygens (including phenoxy) is 2. The van der Waals surface area contributed by atoms with Crippen LogP contribution in [0, 0.1) is 5.82 Å². The molecule has 2 N–H and O–H groups in total.